The van der Waals surface area contributed by atoms with Crippen LogP contribution in [0.25, 0.3) is 0 Å². The molecule has 0 aliphatic carbocycles. The van der Waals surface area contributed by atoms with Gasteiger partial charge in [-0.25, -0.2) is 19.6 Å². The first-order chi connectivity index (χ1) is 17.4. The molecule has 1 aliphatic heterocycles. The van der Waals surface area contributed by atoms with Gasteiger partial charge in [-0.2, -0.15) is 0 Å². The molecule has 0 radical (unpaired) electrons. The summed E-state index contributed by atoms with van der Waals surface area (Å²) in [6, 6.07) is 17.5. The maximum Gasteiger partial charge on any atom is 0.426 e. The maximum atomic E-state index is 13.5. The molecule has 0 atom stereocenters. The molecule has 2 aromatic carbocycles. The number of carbonyl (C=O) groups excluding carboxylic acids is 2. The summed E-state index contributed by atoms with van der Waals surface area (Å²) in [5.74, 6) is 0.185. The SMILES string of the molecule is CC(C)(C)OC(=O)NNc1nc2c(cc1Cc1ccc(F)cc1)N(CC(=O)c1ccccc1)CC2(C)C. The van der Waals surface area contributed by atoms with Crippen molar-refractivity contribution < 1.29 is 18.7 Å². The first kappa shape index (κ1) is 26.1. The molecule has 0 saturated heterocycles. The van der Waals surface area contributed by atoms with Gasteiger partial charge in [-0.05, 0) is 44.5 Å². The number of fused-ring (bicyclic) bond motifs is 1. The number of hydrogen-bond donors (Lipinski definition) is 2. The average molecular weight is 505 g/mol. The molecule has 0 bridgehead atoms. The zero-order valence-corrected chi connectivity index (χ0v) is 21.9. The molecule has 1 amide bonds. The van der Waals surface area contributed by atoms with Crippen molar-refractivity contribution in [3.8, 4) is 0 Å². The van der Waals surface area contributed by atoms with E-state index in [0.29, 0.717) is 24.3 Å². The van der Waals surface area contributed by atoms with Gasteiger partial charge >= 0.3 is 6.09 Å². The van der Waals surface area contributed by atoms with E-state index in [4.69, 9.17) is 9.72 Å². The van der Waals surface area contributed by atoms with Crippen LogP contribution < -0.4 is 15.8 Å². The van der Waals surface area contributed by atoms with E-state index in [1.54, 1.807) is 32.9 Å². The molecule has 2 heterocycles. The van der Waals surface area contributed by atoms with Crippen LogP contribution in [0.5, 0.6) is 0 Å². The van der Waals surface area contributed by atoms with Gasteiger partial charge < -0.3 is 9.64 Å². The van der Waals surface area contributed by atoms with Crippen LogP contribution in [0.15, 0.2) is 60.7 Å². The van der Waals surface area contributed by atoms with Crippen LogP contribution in [0.2, 0.25) is 0 Å². The number of carbonyl (C=O) groups is 2. The molecule has 4 rings (SSSR count). The minimum Gasteiger partial charge on any atom is -0.443 e. The predicted octanol–water partition coefficient (Wildman–Crippen LogP) is 5.64. The topological polar surface area (TPSA) is 83.6 Å². The molecule has 194 valence electrons. The number of nitrogens with one attached hydrogen (secondary N) is 2. The summed E-state index contributed by atoms with van der Waals surface area (Å²) in [6.07, 6.45) is -0.184. The Morgan fingerprint density at radius 2 is 1.76 bits per heavy atom. The normalized spacial score (nSPS) is 14.2. The van der Waals surface area contributed by atoms with Crippen LogP contribution in [-0.2, 0) is 16.6 Å². The number of rotatable bonds is 7. The summed E-state index contributed by atoms with van der Waals surface area (Å²) in [7, 11) is 0. The Morgan fingerprint density at radius 3 is 2.41 bits per heavy atom. The third-order valence-corrected chi connectivity index (χ3v) is 6.07. The van der Waals surface area contributed by atoms with Crippen LogP contribution in [0, 0.1) is 5.82 Å². The molecule has 2 N–H and O–H groups in total. The highest BCUT2D eigenvalue weighted by atomic mass is 19.1. The van der Waals surface area contributed by atoms with E-state index in [2.05, 4.69) is 29.6 Å². The van der Waals surface area contributed by atoms with Gasteiger partial charge in [0.15, 0.2) is 5.78 Å². The lowest BCUT2D eigenvalue weighted by Gasteiger charge is -2.22. The summed E-state index contributed by atoms with van der Waals surface area (Å²) < 4.78 is 18.8. The van der Waals surface area contributed by atoms with Crippen molar-refractivity contribution in [1.82, 2.24) is 10.4 Å². The van der Waals surface area contributed by atoms with Gasteiger partial charge in [0.2, 0.25) is 0 Å². The quantitative estimate of drug-likeness (QED) is 0.320. The number of halogens is 1. The van der Waals surface area contributed by atoms with Crippen LogP contribution in [0.1, 0.15) is 61.8 Å². The molecule has 1 aliphatic rings. The molecule has 1 aromatic heterocycles. The van der Waals surface area contributed by atoms with E-state index in [0.717, 1.165) is 22.5 Å². The van der Waals surface area contributed by atoms with Crippen LogP contribution in [-0.4, -0.2) is 35.6 Å². The Bertz CT molecular complexity index is 1280. The highest BCUT2D eigenvalue weighted by molar-refractivity contribution is 5.99. The Hall–Kier alpha value is -3.94. The van der Waals surface area contributed by atoms with Crippen LogP contribution in [0.4, 0.5) is 20.7 Å². The second-order valence-electron chi connectivity index (χ2n) is 10.9. The van der Waals surface area contributed by atoms with Crippen LogP contribution >= 0.6 is 0 Å². The second kappa shape index (κ2) is 10.2. The van der Waals surface area contributed by atoms with Gasteiger partial charge in [0.05, 0.1) is 17.9 Å². The molecular weight excluding hydrogens is 471 g/mol. The fourth-order valence-electron chi connectivity index (χ4n) is 4.43. The number of anilines is 2. The van der Waals surface area contributed by atoms with Gasteiger partial charge in [-0.15, -0.1) is 0 Å². The van der Waals surface area contributed by atoms with Gasteiger partial charge in [-0.3, -0.25) is 10.2 Å². The van der Waals surface area contributed by atoms with Crippen molar-refractivity contribution in [1.29, 1.82) is 0 Å². The standard InChI is InChI=1S/C29H33FN4O3/c1-28(2,3)37-27(36)33-32-26-21(15-19-11-13-22(30)14-12-19)16-23-25(31-26)29(4,5)18-34(23)17-24(35)20-9-7-6-8-10-20/h6-14,16H,15,17-18H2,1-5H3,(H,31,32)(H,33,36). The molecule has 0 saturated carbocycles. The Balaban J connectivity index is 1.67. The van der Waals surface area contributed by atoms with Crippen molar-refractivity contribution in [2.45, 2.75) is 52.1 Å². The molecule has 0 fully saturated rings. The van der Waals surface area contributed by atoms with Gasteiger partial charge in [-0.1, -0.05) is 56.3 Å². The molecule has 3 aromatic rings. The molecule has 0 unspecified atom stereocenters. The van der Waals surface area contributed by atoms with E-state index in [1.807, 2.05) is 36.4 Å². The van der Waals surface area contributed by atoms with Crippen molar-refractivity contribution >= 4 is 23.4 Å². The summed E-state index contributed by atoms with van der Waals surface area (Å²) in [4.78, 5) is 32.3. The Morgan fingerprint density at radius 1 is 1.08 bits per heavy atom. The lowest BCUT2D eigenvalue weighted by Crippen LogP contribution is -2.36. The number of hydrazine groups is 1. The monoisotopic (exact) mass is 504 g/mol. The van der Waals surface area contributed by atoms with Gasteiger partial charge in [0.25, 0.3) is 0 Å². The minimum atomic E-state index is -0.651. The highest BCUT2D eigenvalue weighted by Gasteiger charge is 2.38. The fourth-order valence-corrected chi connectivity index (χ4v) is 4.43. The lowest BCUT2D eigenvalue weighted by molar-refractivity contribution is 0.0540. The number of Topliss-reactive ketones (excluding diaryl/α,β-unsaturated/α-hetero) is 1. The van der Waals surface area contributed by atoms with E-state index >= 15 is 0 Å². The highest BCUT2D eigenvalue weighted by Crippen LogP contribution is 2.41. The zero-order chi connectivity index (χ0) is 26.8. The van der Waals surface area contributed by atoms with Crippen molar-refractivity contribution in [2.24, 2.45) is 0 Å². The summed E-state index contributed by atoms with van der Waals surface area (Å²) in [5, 5.41) is 0. The summed E-state index contributed by atoms with van der Waals surface area (Å²) in [5.41, 5.74) is 8.54. The van der Waals surface area contributed by atoms with Gasteiger partial charge in [0, 0.05) is 29.5 Å². The zero-order valence-electron chi connectivity index (χ0n) is 21.9. The molecule has 8 heteroatoms. The number of ether oxygens (including phenoxy) is 1. The van der Waals surface area contributed by atoms with E-state index in [1.165, 1.54) is 12.1 Å². The minimum absolute atomic E-state index is 0.0260. The fraction of sp³-hybridized carbons (Fsp3) is 0.345. The number of amides is 1. The summed E-state index contributed by atoms with van der Waals surface area (Å²) >= 11 is 0. The Labute approximate surface area is 217 Å². The maximum absolute atomic E-state index is 13.5. The van der Waals surface area contributed by atoms with E-state index in [-0.39, 0.29) is 23.6 Å². The Kier molecular flexibility index (Phi) is 7.21. The van der Waals surface area contributed by atoms with Crippen molar-refractivity contribution in [3.63, 3.8) is 0 Å². The molecule has 37 heavy (non-hydrogen) atoms. The third kappa shape index (κ3) is 6.44. The lowest BCUT2D eigenvalue weighted by atomic mass is 9.90. The predicted molar refractivity (Wildman–Crippen MR) is 142 cm³/mol. The van der Waals surface area contributed by atoms with Gasteiger partial charge in [0.1, 0.15) is 17.2 Å². The summed E-state index contributed by atoms with van der Waals surface area (Å²) in [6.45, 7) is 10.4. The number of hydrogen-bond acceptors (Lipinski definition) is 6. The largest absolute Gasteiger partial charge is 0.443 e. The third-order valence-electron chi connectivity index (χ3n) is 6.07. The molecule has 7 nitrogen and oxygen atoms in total. The van der Waals surface area contributed by atoms with E-state index < -0.39 is 11.7 Å². The molecule has 0 spiro atoms. The second-order valence-corrected chi connectivity index (χ2v) is 10.9. The number of pyridine rings is 1. The van der Waals surface area contributed by atoms with Crippen LogP contribution in [0.3, 0.4) is 0 Å². The average Bonchev–Trinajstić information content (AvgIpc) is 3.07. The van der Waals surface area contributed by atoms with E-state index in [9.17, 15) is 14.0 Å². The number of aromatic nitrogens is 1. The number of nitrogens with zero attached hydrogens (tertiary/aromatic N) is 2. The molecular formula is C29H33FN4O3. The van der Waals surface area contributed by atoms with Crippen molar-refractivity contribution in [3.05, 3.63) is 88.9 Å². The smallest absolute Gasteiger partial charge is 0.426 e. The number of benzene rings is 2. The first-order valence-electron chi connectivity index (χ1n) is 12.3. The number of ketones is 1. The first-order valence-corrected chi connectivity index (χ1v) is 12.3. The van der Waals surface area contributed by atoms with Crippen molar-refractivity contribution in [2.75, 3.05) is 23.4 Å².